The van der Waals surface area contributed by atoms with Crippen molar-refractivity contribution >= 4 is 6.08 Å². The summed E-state index contributed by atoms with van der Waals surface area (Å²) in [6.07, 6.45) is 3.86. The lowest BCUT2D eigenvalue weighted by Crippen LogP contribution is -1.90. The Hall–Kier alpha value is -1.89. The van der Waals surface area contributed by atoms with Crippen LogP contribution in [0.5, 0.6) is 5.88 Å². The van der Waals surface area contributed by atoms with Crippen LogP contribution in [-0.4, -0.2) is 17.3 Å². The van der Waals surface area contributed by atoms with Gasteiger partial charge in [-0.25, -0.2) is 0 Å². The van der Waals surface area contributed by atoms with E-state index in [0.29, 0.717) is 12.3 Å². The maximum atomic E-state index is 8.27. The van der Waals surface area contributed by atoms with Crippen LogP contribution in [0.4, 0.5) is 0 Å². The molecular weight excluding hydrogens is 166 g/mol. The van der Waals surface area contributed by atoms with Crippen LogP contribution >= 0.6 is 0 Å². The lowest BCUT2D eigenvalue weighted by atomic mass is 10.3. The number of hydrogen-bond acceptors (Lipinski definition) is 4. The van der Waals surface area contributed by atoms with Gasteiger partial charge < -0.3 is 4.74 Å². The van der Waals surface area contributed by atoms with Gasteiger partial charge in [0.25, 0.3) is 0 Å². The minimum atomic E-state index is 0.383. The number of aromatic nitrogens is 2. The molecule has 4 nitrogen and oxygen atoms in total. The number of nitrogens with zero attached hydrogens (tertiary/aromatic N) is 3. The highest BCUT2D eigenvalue weighted by Crippen LogP contribution is 2.04. The van der Waals surface area contributed by atoms with Crippen molar-refractivity contribution in [2.45, 2.75) is 6.42 Å². The van der Waals surface area contributed by atoms with E-state index >= 15 is 0 Å². The smallest absolute Gasteiger partial charge is 0.233 e. The molecule has 1 heterocycles. The third-order valence-corrected chi connectivity index (χ3v) is 1.37. The number of nitriles is 1. The Labute approximate surface area is 76.5 Å². The molecule has 0 aliphatic heterocycles. The number of hydrogen-bond donors (Lipinski definition) is 0. The van der Waals surface area contributed by atoms with Gasteiger partial charge in [0.2, 0.25) is 5.88 Å². The van der Waals surface area contributed by atoms with Gasteiger partial charge in [-0.2, -0.15) is 5.26 Å². The Morgan fingerprint density at radius 3 is 2.92 bits per heavy atom. The van der Waals surface area contributed by atoms with Crippen molar-refractivity contribution in [2.75, 3.05) is 7.11 Å². The Morgan fingerprint density at radius 1 is 1.54 bits per heavy atom. The molecule has 1 aromatic heterocycles. The monoisotopic (exact) mass is 175 g/mol. The van der Waals surface area contributed by atoms with Crippen LogP contribution < -0.4 is 4.74 Å². The summed E-state index contributed by atoms with van der Waals surface area (Å²) in [7, 11) is 1.54. The van der Waals surface area contributed by atoms with Crippen molar-refractivity contribution in [1.29, 1.82) is 5.26 Å². The molecule has 13 heavy (non-hydrogen) atoms. The minimum absolute atomic E-state index is 0.383. The molecule has 0 aliphatic rings. The van der Waals surface area contributed by atoms with Gasteiger partial charge in [0.1, 0.15) is 0 Å². The van der Waals surface area contributed by atoms with Gasteiger partial charge in [0.15, 0.2) is 0 Å². The van der Waals surface area contributed by atoms with E-state index < -0.39 is 0 Å². The molecule has 0 fully saturated rings. The van der Waals surface area contributed by atoms with Gasteiger partial charge in [-0.1, -0.05) is 6.08 Å². The predicted octanol–water partition coefficient (Wildman–Crippen LogP) is 1.41. The normalized spacial score (nSPS) is 9.85. The summed E-state index contributed by atoms with van der Waals surface area (Å²) in [5.74, 6) is 0.484. The Balaban J connectivity index is 2.65. The van der Waals surface area contributed by atoms with E-state index in [1.165, 1.54) is 7.11 Å². The molecule has 0 bridgehead atoms. The molecule has 1 rings (SSSR count). The van der Waals surface area contributed by atoms with Crippen LogP contribution in [0.15, 0.2) is 18.2 Å². The fourth-order valence-corrected chi connectivity index (χ4v) is 0.760. The summed E-state index contributed by atoms with van der Waals surface area (Å²) in [5.41, 5.74) is 0.719. The third-order valence-electron chi connectivity index (χ3n) is 1.37. The molecule has 0 saturated heterocycles. The minimum Gasteiger partial charge on any atom is -0.480 e. The molecule has 0 aromatic carbocycles. The van der Waals surface area contributed by atoms with E-state index in [4.69, 9.17) is 10.00 Å². The van der Waals surface area contributed by atoms with Gasteiger partial charge in [-0.3, -0.25) is 0 Å². The van der Waals surface area contributed by atoms with Gasteiger partial charge >= 0.3 is 0 Å². The van der Waals surface area contributed by atoms with Crippen LogP contribution in [0.3, 0.4) is 0 Å². The second-order valence-electron chi connectivity index (χ2n) is 2.27. The molecule has 0 atom stereocenters. The first-order valence-electron chi connectivity index (χ1n) is 3.78. The average Bonchev–Trinajstić information content (AvgIpc) is 2.19. The van der Waals surface area contributed by atoms with E-state index in [2.05, 4.69) is 10.2 Å². The summed E-state index contributed by atoms with van der Waals surface area (Å²) >= 11 is 0. The van der Waals surface area contributed by atoms with Gasteiger partial charge in [0, 0.05) is 6.07 Å². The molecule has 4 heteroatoms. The number of methoxy groups -OCH3 is 1. The summed E-state index contributed by atoms with van der Waals surface area (Å²) in [6, 6.07) is 5.50. The largest absolute Gasteiger partial charge is 0.480 e. The molecule has 0 spiro atoms. The van der Waals surface area contributed by atoms with Gasteiger partial charge in [0.05, 0.1) is 25.3 Å². The second kappa shape index (κ2) is 4.88. The van der Waals surface area contributed by atoms with Crippen LogP contribution in [0, 0.1) is 11.3 Å². The van der Waals surface area contributed by atoms with Gasteiger partial charge in [-0.05, 0) is 12.1 Å². The first-order chi connectivity index (χ1) is 6.36. The summed E-state index contributed by atoms with van der Waals surface area (Å²) in [5, 5.41) is 15.9. The fraction of sp³-hybridized carbons (Fsp3) is 0.222. The van der Waals surface area contributed by atoms with Crippen LogP contribution in [-0.2, 0) is 0 Å². The third kappa shape index (κ3) is 2.91. The van der Waals surface area contributed by atoms with Crippen molar-refractivity contribution < 1.29 is 4.74 Å². The number of ether oxygens (including phenoxy) is 1. The summed E-state index contributed by atoms with van der Waals surface area (Å²) in [6.45, 7) is 0. The lowest BCUT2D eigenvalue weighted by molar-refractivity contribution is 0.392. The highest BCUT2D eigenvalue weighted by atomic mass is 16.5. The fourth-order valence-electron chi connectivity index (χ4n) is 0.760. The van der Waals surface area contributed by atoms with Crippen LogP contribution in [0.2, 0.25) is 0 Å². The zero-order valence-electron chi connectivity index (χ0n) is 7.27. The SMILES string of the molecule is COc1ccc(C=CCC#N)nn1. The second-order valence-corrected chi connectivity index (χ2v) is 2.27. The molecule has 0 unspecified atom stereocenters. The van der Waals surface area contributed by atoms with Crippen molar-refractivity contribution in [3.63, 3.8) is 0 Å². The topological polar surface area (TPSA) is 58.8 Å². The molecule has 66 valence electrons. The molecule has 0 amide bonds. The Kier molecular flexibility index (Phi) is 3.45. The zero-order chi connectivity index (χ0) is 9.52. The van der Waals surface area contributed by atoms with Crippen molar-refractivity contribution in [3.8, 4) is 11.9 Å². The van der Waals surface area contributed by atoms with E-state index in [0.717, 1.165) is 5.69 Å². The first kappa shape index (κ1) is 9.20. The molecular formula is C9H9N3O. The number of rotatable bonds is 3. The predicted molar refractivity (Wildman–Crippen MR) is 47.8 cm³/mol. The Bertz CT molecular complexity index is 324. The van der Waals surface area contributed by atoms with Crippen LogP contribution in [0.25, 0.3) is 6.08 Å². The highest BCUT2D eigenvalue weighted by molar-refractivity contribution is 5.44. The zero-order valence-corrected chi connectivity index (χ0v) is 7.27. The van der Waals surface area contributed by atoms with E-state index in [1.54, 1.807) is 24.3 Å². The van der Waals surface area contributed by atoms with Crippen molar-refractivity contribution in [2.24, 2.45) is 0 Å². The van der Waals surface area contributed by atoms with Crippen molar-refractivity contribution in [1.82, 2.24) is 10.2 Å². The van der Waals surface area contributed by atoms with E-state index in [9.17, 15) is 0 Å². The molecule has 0 saturated carbocycles. The van der Waals surface area contributed by atoms with Gasteiger partial charge in [-0.15, -0.1) is 10.2 Å². The van der Waals surface area contributed by atoms with E-state index in [-0.39, 0.29) is 0 Å². The summed E-state index contributed by atoms with van der Waals surface area (Å²) < 4.78 is 4.84. The van der Waals surface area contributed by atoms with Crippen LogP contribution in [0.1, 0.15) is 12.1 Å². The maximum Gasteiger partial charge on any atom is 0.233 e. The Morgan fingerprint density at radius 2 is 2.38 bits per heavy atom. The lowest BCUT2D eigenvalue weighted by Gasteiger charge is -1.95. The molecule has 0 radical (unpaired) electrons. The molecule has 0 aliphatic carbocycles. The molecule has 0 N–H and O–H groups in total. The highest BCUT2D eigenvalue weighted by Gasteiger charge is 1.92. The van der Waals surface area contributed by atoms with E-state index in [1.807, 2.05) is 6.07 Å². The maximum absolute atomic E-state index is 8.27. The standard InChI is InChI=1S/C9H9N3O/c1-13-9-6-5-8(11-12-9)4-2-3-7-10/h2,4-6H,3H2,1H3. The molecule has 1 aromatic rings. The van der Waals surface area contributed by atoms with Crippen molar-refractivity contribution in [3.05, 3.63) is 23.9 Å². The summed E-state index contributed by atoms with van der Waals surface area (Å²) in [4.78, 5) is 0. The average molecular weight is 175 g/mol. The number of allylic oxidation sites excluding steroid dienone is 1. The first-order valence-corrected chi connectivity index (χ1v) is 3.78. The quantitative estimate of drug-likeness (QED) is 0.696.